The molecule has 0 spiro atoms. The fourth-order valence-corrected chi connectivity index (χ4v) is 2.67. The molecule has 1 saturated carbocycles. The van der Waals surface area contributed by atoms with E-state index >= 15 is 0 Å². The molecule has 6 heteroatoms. The van der Waals surface area contributed by atoms with Crippen molar-refractivity contribution < 1.29 is 23.0 Å². The van der Waals surface area contributed by atoms with Crippen LogP contribution in [0.2, 0.25) is 0 Å². The zero-order valence-electron chi connectivity index (χ0n) is 12.1. The van der Waals surface area contributed by atoms with Gasteiger partial charge in [0.2, 0.25) is 0 Å². The minimum absolute atomic E-state index is 0.0234. The third-order valence-corrected chi connectivity index (χ3v) is 3.81. The van der Waals surface area contributed by atoms with Crippen molar-refractivity contribution in [2.75, 3.05) is 19.5 Å². The Morgan fingerprint density at radius 3 is 2.57 bits per heavy atom. The van der Waals surface area contributed by atoms with Gasteiger partial charge in [0, 0.05) is 13.2 Å². The van der Waals surface area contributed by atoms with Crippen LogP contribution in [0, 0.1) is 11.6 Å². The highest BCUT2D eigenvalue weighted by molar-refractivity contribution is 5.90. The van der Waals surface area contributed by atoms with Gasteiger partial charge in [-0.3, -0.25) is 0 Å². The summed E-state index contributed by atoms with van der Waals surface area (Å²) in [5.41, 5.74) is -0.197. The number of ether oxygens (including phenoxy) is 2. The molecule has 0 saturated heterocycles. The lowest BCUT2D eigenvalue weighted by Crippen LogP contribution is -2.38. The number of hydrogen-bond acceptors (Lipinski definition) is 4. The third-order valence-electron chi connectivity index (χ3n) is 3.81. The minimum Gasteiger partial charge on any atom is -0.465 e. The van der Waals surface area contributed by atoms with Gasteiger partial charge < -0.3 is 14.8 Å². The van der Waals surface area contributed by atoms with E-state index in [0.717, 1.165) is 38.9 Å². The van der Waals surface area contributed by atoms with Gasteiger partial charge in [-0.05, 0) is 18.9 Å². The second-order valence-electron chi connectivity index (χ2n) is 5.11. The first-order valence-corrected chi connectivity index (χ1v) is 6.93. The molecule has 2 atom stereocenters. The summed E-state index contributed by atoms with van der Waals surface area (Å²) in [4.78, 5) is 11.5. The second kappa shape index (κ2) is 6.85. The summed E-state index contributed by atoms with van der Waals surface area (Å²) in [6, 6.07) is 1.78. The van der Waals surface area contributed by atoms with Gasteiger partial charge in [-0.25, -0.2) is 13.6 Å². The Kier molecular flexibility index (Phi) is 5.12. The van der Waals surface area contributed by atoms with Crippen LogP contribution in [0.3, 0.4) is 0 Å². The molecule has 1 fully saturated rings. The molecule has 4 nitrogen and oxygen atoms in total. The lowest BCUT2D eigenvalue weighted by molar-refractivity contribution is 0.0595. The van der Waals surface area contributed by atoms with Gasteiger partial charge in [0.05, 0.1) is 30.5 Å². The first-order chi connectivity index (χ1) is 10.1. The average Bonchev–Trinajstić information content (AvgIpc) is 2.49. The van der Waals surface area contributed by atoms with Crippen LogP contribution in [0.4, 0.5) is 14.5 Å². The molecule has 1 aromatic carbocycles. The molecule has 1 aliphatic rings. The first-order valence-electron chi connectivity index (χ1n) is 6.93. The van der Waals surface area contributed by atoms with E-state index in [1.165, 1.54) is 0 Å². The van der Waals surface area contributed by atoms with E-state index in [9.17, 15) is 13.6 Å². The van der Waals surface area contributed by atoms with Crippen LogP contribution in [-0.2, 0) is 9.47 Å². The highest BCUT2D eigenvalue weighted by Crippen LogP contribution is 2.27. The van der Waals surface area contributed by atoms with E-state index < -0.39 is 17.6 Å². The number of nitrogens with one attached hydrogen (secondary N) is 1. The molecule has 2 rings (SSSR count). The highest BCUT2D eigenvalue weighted by atomic mass is 19.1. The molecule has 21 heavy (non-hydrogen) atoms. The summed E-state index contributed by atoms with van der Waals surface area (Å²) in [5.74, 6) is -2.50. The maximum atomic E-state index is 13.9. The predicted molar refractivity (Wildman–Crippen MR) is 74.4 cm³/mol. The van der Waals surface area contributed by atoms with Crippen molar-refractivity contribution in [3.05, 3.63) is 29.3 Å². The van der Waals surface area contributed by atoms with E-state index in [0.29, 0.717) is 6.07 Å². The zero-order valence-corrected chi connectivity index (χ0v) is 12.1. The normalized spacial score (nSPS) is 21.9. The van der Waals surface area contributed by atoms with Crippen molar-refractivity contribution in [2.24, 2.45) is 0 Å². The molecule has 0 bridgehead atoms. The van der Waals surface area contributed by atoms with Crippen LogP contribution >= 0.6 is 0 Å². The standard InChI is InChI=1S/C15H19F2NO3/c1-20-14-6-4-3-5-12(14)18-13-7-9(15(19)21-2)10(16)8-11(13)17/h7-8,12,14,18H,3-6H2,1-2H3. The molecule has 2 unspecified atom stereocenters. The van der Waals surface area contributed by atoms with Gasteiger partial charge in [0.1, 0.15) is 11.6 Å². The van der Waals surface area contributed by atoms with Gasteiger partial charge in [-0.1, -0.05) is 12.8 Å². The van der Waals surface area contributed by atoms with Gasteiger partial charge in [-0.2, -0.15) is 0 Å². The van der Waals surface area contributed by atoms with Crippen LogP contribution in [0.15, 0.2) is 12.1 Å². The second-order valence-corrected chi connectivity index (χ2v) is 5.11. The summed E-state index contributed by atoms with van der Waals surface area (Å²) >= 11 is 0. The molecule has 1 aromatic rings. The average molecular weight is 299 g/mol. The summed E-state index contributed by atoms with van der Waals surface area (Å²) in [6.45, 7) is 0. The number of anilines is 1. The molecule has 0 heterocycles. The third kappa shape index (κ3) is 3.50. The number of hydrogen-bond donors (Lipinski definition) is 1. The largest absolute Gasteiger partial charge is 0.465 e. The van der Waals surface area contributed by atoms with Gasteiger partial charge in [-0.15, -0.1) is 0 Å². The number of carbonyl (C=O) groups excluding carboxylic acids is 1. The summed E-state index contributed by atoms with van der Waals surface area (Å²) < 4.78 is 37.4. The van der Waals surface area contributed by atoms with Crippen molar-refractivity contribution in [1.29, 1.82) is 0 Å². The van der Waals surface area contributed by atoms with E-state index in [1.54, 1.807) is 7.11 Å². The van der Waals surface area contributed by atoms with Crippen LogP contribution in [0.25, 0.3) is 0 Å². The van der Waals surface area contributed by atoms with Gasteiger partial charge in [0.25, 0.3) is 0 Å². The molecular formula is C15H19F2NO3. The van der Waals surface area contributed by atoms with Crippen LogP contribution in [0.5, 0.6) is 0 Å². The minimum atomic E-state index is -0.933. The fraction of sp³-hybridized carbons (Fsp3) is 0.533. The highest BCUT2D eigenvalue weighted by Gasteiger charge is 2.26. The SMILES string of the molecule is COC(=O)c1cc(NC2CCCCC2OC)c(F)cc1F. The summed E-state index contributed by atoms with van der Waals surface area (Å²) in [6.07, 6.45) is 3.79. The number of benzene rings is 1. The first kappa shape index (κ1) is 15.7. The fourth-order valence-electron chi connectivity index (χ4n) is 2.67. The number of halogens is 2. The van der Waals surface area contributed by atoms with E-state index in [1.807, 2.05) is 0 Å². The molecule has 1 aliphatic carbocycles. The Hall–Kier alpha value is -1.69. The van der Waals surface area contributed by atoms with Crippen LogP contribution in [-0.4, -0.2) is 32.3 Å². The molecular weight excluding hydrogens is 280 g/mol. The zero-order chi connectivity index (χ0) is 15.4. The molecule has 0 radical (unpaired) electrons. The smallest absolute Gasteiger partial charge is 0.340 e. The summed E-state index contributed by atoms with van der Waals surface area (Å²) in [7, 11) is 2.77. The van der Waals surface area contributed by atoms with Crippen LogP contribution in [0.1, 0.15) is 36.0 Å². The number of carbonyl (C=O) groups is 1. The Bertz CT molecular complexity index is 522. The monoisotopic (exact) mass is 299 g/mol. The van der Waals surface area contributed by atoms with Crippen molar-refractivity contribution in [3.63, 3.8) is 0 Å². The maximum Gasteiger partial charge on any atom is 0.340 e. The number of methoxy groups -OCH3 is 2. The van der Waals surface area contributed by atoms with Crippen molar-refractivity contribution >= 4 is 11.7 Å². The van der Waals surface area contributed by atoms with E-state index in [2.05, 4.69) is 10.1 Å². The van der Waals surface area contributed by atoms with E-state index in [-0.39, 0.29) is 23.4 Å². The topological polar surface area (TPSA) is 47.6 Å². The molecule has 0 aromatic heterocycles. The Morgan fingerprint density at radius 2 is 1.90 bits per heavy atom. The molecule has 0 amide bonds. The Morgan fingerprint density at radius 1 is 1.19 bits per heavy atom. The lowest BCUT2D eigenvalue weighted by Gasteiger charge is -2.32. The number of esters is 1. The Balaban J connectivity index is 2.24. The van der Waals surface area contributed by atoms with E-state index in [4.69, 9.17) is 4.74 Å². The predicted octanol–water partition coefficient (Wildman–Crippen LogP) is 3.12. The maximum absolute atomic E-state index is 13.9. The molecule has 1 N–H and O–H groups in total. The van der Waals surface area contributed by atoms with Crippen LogP contribution < -0.4 is 5.32 Å². The van der Waals surface area contributed by atoms with Crippen molar-refractivity contribution in [1.82, 2.24) is 0 Å². The number of rotatable bonds is 4. The quantitative estimate of drug-likeness (QED) is 0.868. The van der Waals surface area contributed by atoms with Gasteiger partial charge >= 0.3 is 5.97 Å². The van der Waals surface area contributed by atoms with Crippen molar-refractivity contribution in [2.45, 2.75) is 37.8 Å². The van der Waals surface area contributed by atoms with Crippen molar-refractivity contribution in [3.8, 4) is 0 Å². The molecule has 116 valence electrons. The lowest BCUT2D eigenvalue weighted by atomic mass is 9.92. The summed E-state index contributed by atoms with van der Waals surface area (Å²) in [5, 5.41) is 3.02. The molecule has 0 aliphatic heterocycles. The Labute approximate surface area is 122 Å². The van der Waals surface area contributed by atoms with Gasteiger partial charge in [0.15, 0.2) is 0 Å².